The zero-order valence-electron chi connectivity index (χ0n) is 9.87. The van der Waals surface area contributed by atoms with Gasteiger partial charge in [0.15, 0.2) is 0 Å². The maximum absolute atomic E-state index is 11.9. The molecule has 2 rings (SSSR count). The largest absolute Gasteiger partial charge is 0.340 e. The first-order valence-corrected chi connectivity index (χ1v) is 5.78. The van der Waals surface area contributed by atoms with Gasteiger partial charge in [-0.15, -0.1) is 0 Å². The maximum atomic E-state index is 11.9. The fourth-order valence-electron chi connectivity index (χ4n) is 1.78. The lowest BCUT2D eigenvalue weighted by atomic mass is 10.3. The number of hydrogen-bond donors (Lipinski definition) is 2. The average Bonchev–Trinajstić information content (AvgIpc) is 2.47. The molecule has 1 aliphatic heterocycles. The third-order valence-electron chi connectivity index (χ3n) is 2.78. The number of hydroxylamine groups is 1. The van der Waals surface area contributed by atoms with Crippen molar-refractivity contribution in [2.75, 3.05) is 31.2 Å². The van der Waals surface area contributed by atoms with Gasteiger partial charge in [0.25, 0.3) is 0 Å². The van der Waals surface area contributed by atoms with E-state index in [0.717, 1.165) is 0 Å². The first-order chi connectivity index (χ1) is 8.70. The molecule has 1 heterocycles. The molecule has 6 nitrogen and oxygen atoms in total. The highest BCUT2D eigenvalue weighted by Crippen LogP contribution is 2.11. The van der Waals surface area contributed by atoms with E-state index in [0.29, 0.717) is 31.2 Å². The third-order valence-corrected chi connectivity index (χ3v) is 2.78. The summed E-state index contributed by atoms with van der Waals surface area (Å²) >= 11 is 0. The molecule has 1 aliphatic rings. The van der Waals surface area contributed by atoms with Gasteiger partial charge in [-0.3, -0.25) is 14.8 Å². The van der Waals surface area contributed by atoms with Crippen LogP contribution in [-0.4, -0.2) is 48.1 Å². The molecule has 6 heteroatoms. The number of benzene rings is 1. The van der Waals surface area contributed by atoms with Gasteiger partial charge in [-0.25, -0.2) is 0 Å². The SMILES string of the molecule is O=C(C(=O)N(O)c1ccccc1)N1CCNCC1. The van der Waals surface area contributed by atoms with E-state index in [1.165, 1.54) is 4.90 Å². The number of rotatable bonds is 1. The number of hydrogen-bond acceptors (Lipinski definition) is 4. The zero-order chi connectivity index (χ0) is 13.0. The first-order valence-electron chi connectivity index (χ1n) is 5.78. The quantitative estimate of drug-likeness (QED) is 0.412. The fraction of sp³-hybridized carbons (Fsp3) is 0.333. The minimum absolute atomic E-state index is 0.283. The number of carbonyl (C=O) groups excluding carboxylic acids is 2. The standard InChI is InChI=1S/C12H15N3O3/c16-11(14-8-6-13-7-9-14)12(17)15(18)10-4-2-1-3-5-10/h1-5,13,18H,6-9H2. The van der Waals surface area contributed by atoms with E-state index in [2.05, 4.69) is 5.32 Å². The Kier molecular flexibility index (Phi) is 3.91. The molecule has 2 amide bonds. The molecular formula is C12H15N3O3. The van der Waals surface area contributed by atoms with Crippen molar-refractivity contribution in [3.63, 3.8) is 0 Å². The summed E-state index contributed by atoms with van der Waals surface area (Å²) in [4.78, 5) is 25.1. The Labute approximate surface area is 105 Å². The Hall–Kier alpha value is -1.92. The number of carbonyl (C=O) groups is 2. The van der Waals surface area contributed by atoms with E-state index in [1.807, 2.05) is 0 Å². The van der Waals surface area contributed by atoms with Gasteiger partial charge < -0.3 is 10.2 Å². The van der Waals surface area contributed by atoms with E-state index in [-0.39, 0.29) is 5.69 Å². The van der Waals surface area contributed by atoms with Crippen molar-refractivity contribution in [2.45, 2.75) is 0 Å². The Morgan fingerprint density at radius 1 is 1.17 bits per heavy atom. The van der Waals surface area contributed by atoms with E-state index >= 15 is 0 Å². The zero-order valence-corrected chi connectivity index (χ0v) is 9.87. The lowest BCUT2D eigenvalue weighted by Crippen LogP contribution is -2.51. The van der Waals surface area contributed by atoms with Crippen LogP contribution < -0.4 is 10.4 Å². The van der Waals surface area contributed by atoms with Crippen molar-refractivity contribution in [1.29, 1.82) is 0 Å². The van der Waals surface area contributed by atoms with Gasteiger partial charge >= 0.3 is 11.8 Å². The summed E-state index contributed by atoms with van der Waals surface area (Å²) in [5.74, 6) is -1.61. The van der Waals surface area contributed by atoms with Crippen LogP contribution in [0.1, 0.15) is 0 Å². The molecule has 2 N–H and O–H groups in total. The lowest BCUT2D eigenvalue weighted by Gasteiger charge is -2.27. The van der Waals surface area contributed by atoms with Crippen LogP contribution in [0.5, 0.6) is 0 Å². The minimum atomic E-state index is -0.928. The molecule has 0 unspecified atom stereocenters. The molecule has 0 aromatic heterocycles. The fourth-order valence-corrected chi connectivity index (χ4v) is 1.78. The topological polar surface area (TPSA) is 72.9 Å². The molecule has 0 saturated carbocycles. The van der Waals surface area contributed by atoms with Crippen LogP contribution in [0, 0.1) is 0 Å². The summed E-state index contributed by atoms with van der Waals surface area (Å²) in [5, 5.41) is 13.2. The maximum Gasteiger partial charge on any atom is 0.340 e. The van der Waals surface area contributed by atoms with Gasteiger partial charge in [-0.05, 0) is 12.1 Å². The van der Waals surface area contributed by atoms with Crippen molar-refractivity contribution in [2.24, 2.45) is 0 Å². The summed E-state index contributed by atoms with van der Waals surface area (Å²) in [6.07, 6.45) is 0. The third kappa shape index (κ3) is 2.66. The molecule has 1 fully saturated rings. The first kappa shape index (κ1) is 12.5. The van der Waals surface area contributed by atoms with Crippen LogP contribution in [0.4, 0.5) is 5.69 Å². The second-order valence-electron chi connectivity index (χ2n) is 3.99. The molecule has 0 atom stereocenters. The highest BCUT2D eigenvalue weighted by Gasteiger charge is 2.27. The van der Waals surface area contributed by atoms with Crippen molar-refractivity contribution < 1.29 is 14.8 Å². The van der Waals surface area contributed by atoms with Gasteiger partial charge in [0.05, 0.1) is 5.69 Å². The molecule has 0 radical (unpaired) electrons. The normalized spacial score (nSPS) is 15.3. The number of para-hydroxylation sites is 1. The lowest BCUT2D eigenvalue weighted by molar-refractivity contribution is -0.147. The van der Waals surface area contributed by atoms with Crippen molar-refractivity contribution in [3.8, 4) is 0 Å². The van der Waals surface area contributed by atoms with Crippen LogP contribution in [-0.2, 0) is 9.59 Å². The Bertz CT molecular complexity index is 429. The number of nitrogens with zero attached hydrogens (tertiary/aromatic N) is 2. The second-order valence-corrected chi connectivity index (χ2v) is 3.99. The number of nitrogens with one attached hydrogen (secondary N) is 1. The van der Waals surface area contributed by atoms with Crippen molar-refractivity contribution in [1.82, 2.24) is 10.2 Å². The van der Waals surface area contributed by atoms with Crippen LogP contribution in [0.2, 0.25) is 0 Å². The average molecular weight is 249 g/mol. The summed E-state index contributed by atoms with van der Waals surface area (Å²) in [5.41, 5.74) is 0.283. The van der Waals surface area contributed by atoms with Crippen molar-refractivity contribution in [3.05, 3.63) is 30.3 Å². The smallest absolute Gasteiger partial charge is 0.332 e. The van der Waals surface area contributed by atoms with E-state index in [1.54, 1.807) is 30.3 Å². The predicted molar refractivity (Wildman–Crippen MR) is 65.2 cm³/mol. The molecule has 1 saturated heterocycles. The van der Waals surface area contributed by atoms with E-state index < -0.39 is 11.8 Å². The van der Waals surface area contributed by atoms with Gasteiger partial charge in [0, 0.05) is 26.2 Å². The molecule has 0 aliphatic carbocycles. The Morgan fingerprint density at radius 3 is 2.39 bits per heavy atom. The van der Waals surface area contributed by atoms with Crippen LogP contribution in [0.3, 0.4) is 0 Å². The monoisotopic (exact) mass is 249 g/mol. The number of amides is 2. The van der Waals surface area contributed by atoms with Crippen molar-refractivity contribution >= 4 is 17.5 Å². The molecule has 1 aromatic carbocycles. The van der Waals surface area contributed by atoms with Gasteiger partial charge in [-0.1, -0.05) is 18.2 Å². The van der Waals surface area contributed by atoms with E-state index in [4.69, 9.17) is 0 Å². The summed E-state index contributed by atoms with van der Waals surface area (Å²) in [7, 11) is 0. The Balaban J connectivity index is 2.04. The van der Waals surface area contributed by atoms with E-state index in [9.17, 15) is 14.8 Å². The van der Waals surface area contributed by atoms with Gasteiger partial charge in [0.1, 0.15) is 0 Å². The van der Waals surface area contributed by atoms with Crippen LogP contribution in [0.15, 0.2) is 30.3 Å². The predicted octanol–water partition coefficient (Wildman–Crippen LogP) is -0.159. The number of anilines is 1. The highest BCUT2D eigenvalue weighted by atomic mass is 16.5. The van der Waals surface area contributed by atoms with Gasteiger partial charge in [0.2, 0.25) is 0 Å². The molecule has 1 aromatic rings. The molecule has 0 spiro atoms. The second kappa shape index (κ2) is 5.61. The highest BCUT2D eigenvalue weighted by molar-refractivity contribution is 6.39. The molecule has 96 valence electrons. The molecular weight excluding hydrogens is 234 g/mol. The number of piperazine rings is 1. The Morgan fingerprint density at radius 2 is 1.78 bits per heavy atom. The van der Waals surface area contributed by atoms with Crippen LogP contribution in [0.25, 0.3) is 0 Å². The molecule has 0 bridgehead atoms. The summed E-state index contributed by atoms with van der Waals surface area (Å²) in [6, 6.07) is 8.24. The summed E-state index contributed by atoms with van der Waals surface area (Å²) in [6.45, 7) is 2.28. The van der Waals surface area contributed by atoms with Crippen LogP contribution >= 0.6 is 0 Å². The van der Waals surface area contributed by atoms with Gasteiger partial charge in [-0.2, -0.15) is 5.06 Å². The molecule has 18 heavy (non-hydrogen) atoms. The minimum Gasteiger partial charge on any atom is -0.332 e. The summed E-state index contributed by atoms with van der Waals surface area (Å²) < 4.78 is 0.